The second kappa shape index (κ2) is 9.24. The summed E-state index contributed by atoms with van der Waals surface area (Å²) in [6, 6.07) is 21.0. The van der Waals surface area contributed by atoms with Gasteiger partial charge in [-0.05, 0) is 42.0 Å². The highest BCUT2D eigenvalue weighted by Crippen LogP contribution is 2.37. The Hall–Kier alpha value is -5.16. The van der Waals surface area contributed by atoms with Gasteiger partial charge in [-0.3, -0.25) is 24.4 Å². The highest BCUT2D eigenvalue weighted by molar-refractivity contribution is 9.10. The topological polar surface area (TPSA) is 109 Å². The zero-order valence-electron chi connectivity index (χ0n) is 20.6. The maximum Gasteiger partial charge on any atom is 0.281 e. The van der Waals surface area contributed by atoms with E-state index in [0.29, 0.717) is 22.9 Å². The summed E-state index contributed by atoms with van der Waals surface area (Å²) in [5.41, 5.74) is 3.43. The van der Waals surface area contributed by atoms with E-state index in [9.17, 15) is 14.9 Å². The number of para-hydroxylation sites is 1. The van der Waals surface area contributed by atoms with Crippen LogP contribution in [0.3, 0.4) is 0 Å². The van der Waals surface area contributed by atoms with Crippen molar-refractivity contribution >= 4 is 56.2 Å². The van der Waals surface area contributed by atoms with Gasteiger partial charge in [0.1, 0.15) is 18.2 Å². The molecule has 3 heterocycles. The van der Waals surface area contributed by atoms with E-state index in [1.165, 1.54) is 12.1 Å². The van der Waals surface area contributed by atoms with Crippen molar-refractivity contribution < 1.29 is 4.92 Å². The van der Waals surface area contributed by atoms with E-state index in [2.05, 4.69) is 31.0 Å². The van der Waals surface area contributed by atoms with Crippen LogP contribution in [-0.4, -0.2) is 37.7 Å². The molecule has 4 aromatic rings. The first-order chi connectivity index (χ1) is 19.5. The fourth-order valence-electron chi connectivity index (χ4n) is 5.12. The second-order valence-corrected chi connectivity index (χ2v) is 10.2. The van der Waals surface area contributed by atoms with Crippen LogP contribution in [-0.2, 0) is 0 Å². The third-order valence-electron chi connectivity index (χ3n) is 6.91. The molecule has 0 radical (unpaired) electrons. The minimum atomic E-state index is -0.438. The summed E-state index contributed by atoms with van der Waals surface area (Å²) in [6.07, 6.45) is 9.36. The summed E-state index contributed by atoms with van der Waals surface area (Å²) in [7, 11) is 0. The first kappa shape index (κ1) is 23.9. The monoisotopic (exact) mass is 591 g/mol. The number of nitro groups is 1. The van der Waals surface area contributed by atoms with Crippen LogP contribution in [0.2, 0.25) is 0 Å². The molecule has 0 spiro atoms. The number of aliphatic imine (C=N–C) groups is 1. The molecule has 40 heavy (non-hydrogen) atoms. The molecule has 1 aromatic heterocycles. The number of non-ortho nitro benzene ring substituents is 1. The average molecular weight is 592 g/mol. The highest BCUT2D eigenvalue weighted by Gasteiger charge is 2.39. The molecule has 0 bridgehead atoms. The maximum atomic E-state index is 13.1. The Bertz CT molecular complexity index is 1940. The van der Waals surface area contributed by atoms with E-state index >= 15 is 0 Å². The average Bonchev–Trinajstić information content (AvgIpc) is 3.42. The summed E-state index contributed by atoms with van der Waals surface area (Å²) in [5.74, 6) is 1.01. The summed E-state index contributed by atoms with van der Waals surface area (Å²) < 4.78 is 2.92. The van der Waals surface area contributed by atoms with Gasteiger partial charge in [0.05, 0.1) is 27.2 Å². The lowest BCUT2D eigenvalue weighted by Gasteiger charge is -2.36. The molecule has 1 aliphatic carbocycles. The quantitative estimate of drug-likeness (QED) is 0.228. The number of anilines is 1. The molecule has 0 saturated carbocycles. The highest BCUT2D eigenvalue weighted by atomic mass is 79.9. The SMILES string of the molecule is O=c1nc(-c2ccc(Br)cc2)n(C2=CC=CC3=CN=C4N(c5cccc([N+](=O)[O-])c5)N=CN4C32)c2ccccc12. The van der Waals surface area contributed by atoms with Crippen molar-refractivity contribution in [2.75, 3.05) is 5.01 Å². The number of halogens is 1. The molecule has 7 rings (SSSR count). The molecule has 3 aliphatic rings. The van der Waals surface area contributed by atoms with Gasteiger partial charge in [0.15, 0.2) is 0 Å². The van der Waals surface area contributed by atoms with Gasteiger partial charge in [0.25, 0.3) is 11.2 Å². The van der Waals surface area contributed by atoms with Crippen LogP contribution in [0.4, 0.5) is 11.4 Å². The maximum absolute atomic E-state index is 13.1. The molecule has 0 amide bonds. The Morgan fingerprint density at radius 1 is 1.00 bits per heavy atom. The Morgan fingerprint density at radius 3 is 2.65 bits per heavy atom. The van der Waals surface area contributed by atoms with Crippen molar-refractivity contribution in [2.24, 2.45) is 10.1 Å². The molecule has 1 atom stereocenters. The van der Waals surface area contributed by atoms with Crippen molar-refractivity contribution in [3.05, 3.63) is 128 Å². The normalized spacial score (nSPS) is 17.3. The molecule has 10 nitrogen and oxygen atoms in total. The molecule has 1 unspecified atom stereocenters. The minimum absolute atomic E-state index is 0.0371. The number of allylic oxidation sites excluding steroid dienone is 2. The summed E-state index contributed by atoms with van der Waals surface area (Å²) in [6.45, 7) is 0. The largest absolute Gasteiger partial charge is 0.295 e. The van der Waals surface area contributed by atoms with Gasteiger partial charge < -0.3 is 0 Å². The van der Waals surface area contributed by atoms with Crippen molar-refractivity contribution in [1.82, 2.24) is 14.5 Å². The van der Waals surface area contributed by atoms with Gasteiger partial charge in [-0.25, -0.2) is 4.99 Å². The molecule has 0 N–H and O–H groups in total. The fourth-order valence-corrected chi connectivity index (χ4v) is 5.39. The van der Waals surface area contributed by atoms with E-state index < -0.39 is 4.92 Å². The van der Waals surface area contributed by atoms with Gasteiger partial charge in [-0.15, -0.1) is 0 Å². The third-order valence-corrected chi connectivity index (χ3v) is 7.44. The fraction of sp³-hybridized carbons (Fsp3) is 0.0345. The first-order valence-electron chi connectivity index (χ1n) is 12.3. The Labute approximate surface area is 235 Å². The number of fused-ring (bicyclic) bond motifs is 4. The van der Waals surface area contributed by atoms with E-state index in [1.807, 2.05) is 70.2 Å². The molecular weight excluding hydrogens is 574 g/mol. The summed E-state index contributed by atoms with van der Waals surface area (Å²) in [4.78, 5) is 35.2. The number of benzene rings is 3. The van der Waals surface area contributed by atoms with E-state index in [1.54, 1.807) is 35.7 Å². The van der Waals surface area contributed by atoms with E-state index in [0.717, 1.165) is 26.8 Å². The number of nitrogens with zero attached hydrogens (tertiary/aromatic N) is 7. The lowest BCUT2D eigenvalue weighted by molar-refractivity contribution is -0.384. The van der Waals surface area contributed by atoms with Gasteiger partial charge in [-0.2, -0.15) is 15.1 Å². The van der Waals surface area contributed by atoms with Crippen LogP contribution in [0.25, 0.3) is 28.0 Å². The summed E-state index contributed by atoms with van der Waals surface area (Å²) >= 11 is 3.49. The predicted octanol–water partition coefficient (Wildman–Crippen LogP) is 5.53. The number of rotatable bonds is 4. The minimum Gasteiger partial charge on any atom is -0.295 e. The van der Waals surface area contributed by atoms with Crippen molar-refractivity contribution in [2.45, 2.75) is 6.04 Å². The molecule has 2 aliphatic heterocycles. The Balaban J connectivity index is 1.39. The number of aromatic nitrogens is 2. The van der Waals surface area contributed by atoms with Crippen molar-refractivity contribution in [3.8, 4) is 11.4 Å². The number of nitro benzene ring substituents is 1. The second-order valence-electron chi connectivity index (χ2n) is 9.24. The van der Waals surface area contributed by atoms with Crippen LogP contribution >= 0.6 is 15.9 Å². The molecule has 194 valence electrons. The first-order valence-corrected chi connectivity index (χ1v) is 13.1. The van der Waals surface area contributed by atoms with Crippen molar-refractivity contribution in [1.29, 1.82) is 0 Å². The zero-order valence-corrected chi connectivity index (χ0v) is 22.2. The van der Waals surface area contributed by atoms with E-state index in [-0.39, 0.29) is 17.3 Å². The van der Waals surface area contributed by atoms with Crippen LogP contribution in [0, 0.1) is 10.1 Å². The zero-order chi connectivity index (χ0) is 27.4. The van der Waals surface area contributed by atoms with Gasteiger partial charge in [-0.1, -0.05) is 58.4 Å². The molecular formula is C29H18BrN7O3. The predicted molar refractivity (Wildman–Crippen MR) is 158 cm³/mol. The van der Waals surface area contributed by atoms with Crippen molar-refractivity contribution in [3.63, 3.8) is 0 Å². The molecule has 11 heteroatoms. The van der Waals surface area contributed by atoms with Crippen LogP contribution in [0.1, 0.15) is 0 Å². The van der Waals surface area contributed by atoms with Gasteiger partial charge in [0.2, 0.25) is 5.96 Å². The number of hydrazone groups is 1. The smallest absolute Gasteiger partial charge is 0.281 e. The standard InChI is InChI=1S/C29H18BrN7O3/c30-20-13-11-18(12-14-20)27-33-28(38)23-8-1-2-9-24(23)35(27)25-10-3-5-19-16-31-29-34(26(19)25)17-32-36(29)21-6-4-7-22(15-21)37(39)40/h1-17,26H. The molecule has 0 saturated heterocycles. The lowest BCUT2D eigenvalue weighted by atomic mass is 9.96. The van der Waals surface area contributed by atoms with Crippen LogP contribution in [0.5, 0.6) is 0 Å². The van der Waals surface area contributed by atoms with Gasteiger partial charge >= 0.3 is 0 Å². The number of guanidine groups is 1. The van der Waals surface area contributed by atoms with Crippen LogP contribution in [0.15, 0.2) is 122 Å². The molecule has 3 aromatic carbocycles. The third kappa shape index (κ3) is 3.78. The summed E-state index contributed by atoms with van der Waals surface area (Å²) in [5, 5.41) is 18.0. The Morgan fingerprint density at radius 2 is 1.82 bits per heavy atom. The molecule has 0 fully saturated rings. The van der Waals surface area contributed by atoms with E-state index in [4.69, 9.17) is 0 Å². The van der Waals surface area contributed by atoms with Crippen LogP contribution < -0.4 is 10.6 Å². The lowest BCUT2D eigenvalue weighted by Crippen LogP contribution is -2.46. The van der Waals surface area contributed by atoms with Gasteiger partial charge in [0, 0.05) is 28.4 Å². The number of hydrogen-bond donors (Lipinski definition) is 0. The Kier molecular flexibility index (Phi) is 5.53. The number of hydrogen-bond acceptors (Lipinski definition) is 8.